The summed E-state index contributed by atoms with van der Waals surface area (Å²) in [4.78, 5) is 4.18. The Hall–Kier alpha value is -2.50. The van der Waals surface area contributed by atoms with E-state index in [4.69, 9.17) is 0 Å². The standard InChI is InChI=1S/C12H11P.C9H7N/c1-3-7-11(8-4-1)13-12-9-5-2-6-10-12;1-2-6-9-8(4-1)5-3-7-10-9/h1-10,13H;1-7H. The average Bonchev–Trinajstić information content (AvgIpc) is 2.64. The van der Waals surface area contributed by atoms with Crippen molar-refractivity contribution in [2.75, 3.05) is 0 Å². The molecule has 112 valence electrons. The zero-order valence-corrected chi connectivity index (χ0v) is 13.8. The van der Waals surface area contributed by atoms with Crippen molar-refractivity contribution in [3.05, 3.63) is 103 Å². The fraction of sp³-hybridized carbons (Fsp3) is 0. The Balaban J connectivity index is 0.000000140. The summed E-state index contributed by atoms with van der Waals surface area (Å²) in [6.45, 7) is 0. The van der Waals surface area contributed by atoms with Crippen LogP contribution >= 0.6 is 8.58 Å². The van der Waals surface area contributed by atoms with Crippen LogP contribution in [0.2, 0.25) is 0 Å². The van der Waals surface area contributed by atoms with Gasteiger partial charge >= 0.3 is 0 Å². The van der Waals surface area contributed by atoms with Crippen molar-refractivity contribution in [1.29, 1.82) is 0 Å². The molecule has 0 spiro atoms. The number of nitrogens with zero attached hydrogens (tertiary/aromatic N) is 1. The van der Waals surface area contributed by atoms with E-state index in [0.717, 1.165) is 14.1 Å². The minimum absolute atomic E-state index is 0.777. The second-order valence-corrected chi connectivity index (χ2v) is 6.46. The van der Waals surface area contributed by atoms with E-state index in [1.165, 1.54) is 16.0 Å². The molecule has 0 saturated heterocycles. The highest BCUT2D eigenvalue weighted by Crippen LogP contribution is 2.09. The lowest BCUT2D eigenvalue weighted by Gasteiger charge is -2.00. The highest BCUT2D eigenvalue weighted by molar-refractivity contribution is 7.55. The average molecular weight is 315 g/mol. The normalized spacial score (nSPS) is 9.91. The first-order valence-corrected chi connectivity index (χ1v) is 8.59. The molecule has 0 radical (unpaired) electrons. The summed E-state index contributed by atoms with van der Waals surface area (Å²) >= 11 is 0. The molecule has 1 aromatic heterocycles. The van der Waals surface area contributed by atoms with E-state index in [1.807, 2.05) is 30.5 Å². The molecule has 4 rings (SSSR count). The zero-order valence-electron chi connectivity index (χ0n) is 12.8. The van der Waals surface area contributed by atoms with Crippen molar-refractivity contribution in [1.82, 2.24) is 4.98 Å². The monoisotopic (exact) mass is 315 g/mol. The van der Waals surface area contributed by atoms with E-state index in [-0.39, 0.29) is 0 Å². The Morgan fingerprint density at radius 1 is 0.522 bits per heavy atom. The van der Waals surface area contributed by atoms with Crippen LogP contribution in [0.5, 0.6) is 0 Å². The lowest BCUT2D eigenvalue weighted by molar-refractivity contribution is 1.41. The van der Waals surface area contributed by atoms with Gasteiger partial charge in [-0.3, -0.25) is 4.98 Å². The van der Waals surface area contributed by atoms with Gasteiger partial charge < -0.3 is 0 Å². The molecule has 0 bridgehead atoms. The maximum absolute atomic E-state index is 4.18. The van der Waals surface area contributed by atoms with Crippen molar-refractivity contribution in [3.63, 3.8) is 0 Å². The minimum atomic E-state index is 0.777. The fourth-order valence-corrected chi connectivity index (χ4v) is 3.28. The molecule has 0 unspecified atom stereocenters. The first-order valence-electron chi connectivity index (χ1n) is 7.59. The fourth-order valence-electron chi connectivity index (χ4n) is 2.23. The SMILES string of the molecule is c1ccc(Pc2ccccc2)cc1.c1ccc2ncccc2c1. The van der Waals surface area contributed by atoms with E-state index >= 15 is 0 Å². The molecule has 23 heavy (non-hydrogen) atoms. The second-order valence-electron chi connectivity index (χ2n) is 5.05. The summed E-state index contributed by atoms with van der Waals surface area (Å²) in [5.74, 6) is 0. The molecule has 0 N–H and O–H groups in total. The van der Waals surface area contributed by atoms with E-state index in [1.54, 1.807) is 0 Å². The number of rotatable bonds is 2. The molecule has 2 heteroatoms. The van der Waals surface area contributed by atoms with Gasteiger partial charge in [-0.15, -0.1) is 0 Å². The smallest absolute Gasteiger partial charge is 0.0701 e. The van der Waals surface area contributed by atoms with Gasteiger partial charge in [0, 0.05) is 11.6 Å². The number of hydrogen-bond acceptors (Lipinski definition) is 1. The Labute approximate surface area is 138 Å². The van der Waals surface area contributed by atoms with Crippen LogP contribution in [0.25, 0.3) is 10.9 Å². The molecule has 0 fully saturated rings. The highest BCUT2D eigenvalue weighted by atomic mass is 31.1. The van der Waals surface area contributed by atoms with Gasteiger partial charge in [-0.25, -0.2) is 0 Å². The van der Waals surface area contributed by atoms with Gasteiger partial charge in [-0.2, -0.15) is 0 Å². The van der Waals surface area contributed by atoms with Crippen LogP contribution in [0.15, 0.2) is 103 Å². The van der Waals surface area contributed by atoms with Gasteiger partial charge in [-0.1, -0.05) is 93.5 Å². The molecule has 0 saturated carbocycles. The Morgan fingerprint density at radius 2 is 1.04 bits per heavy atom. The van der Waals surface area contributed by atoms with Gasteiger partial charge in [0.2, 0.25) is 0 Å². The number of pyridine rings is 1. The van der Waals surface area contributed by atoms with Crippen LogP contribution in [0.3, 0.4) is 0 Å². The molecule has 0 amide bonds. The van der Waals surface area contributed by atoms with Gasteiger partial charge in [-0.05, 0) is 22.7 Å². The highest BCUT2D eigenvalue weighted by Gasteiger charge is 1.92. The predicted octanol–water partition coefficient (Wildman–Crippen LogP) is 4.55. The third kappa shape index (κ3) is 4.74. The number of fused-ring (bicyclic) bond motifs is 1. The number of hydrogen-bond donors (Lipinski definition) is 0. The van der Waals surface area contributed by atoms with E-state index < -0.39 is 0 Å². The lowest BCUT2D eigenvalue weighted by Crippen LogP contribution is -2.01. The summed E-state index contributed by atoms with van der Waals surface area (Å²) < 4.78 is 0. The van der Waals surface area contributed by atoms with Crippen LogP contribution < -0.4 is 10.6 Å². The molecule has 3 aromatic carbocycles. The van der Waals surface area contributed by atoms with Crippen molar-refractivity contribution in [2.24, 2.45) is 0 Å². The molecular formula is C21H18NP. The molecule has 0 aliphatic carbocycles. The quantitative estimate of drug-likeness (QED) is 0.495. The Kier molecular flexibility index (Phi) is 5.50. The summed E-state index contributed by atoms with van der Waals surface area (Å²) in [7, 11) is 0.777. The zero-order chi connectivity index (χ0) is 15.7. The molecule has 0 aliphatic rings. The van der Waals surface area contributed by atoms with E-state index in [0.29, 0.717) is 0 Å². The third-order valence-electron chi connectivity index (χ3n) is 3.35. The van der Waals surface area contributed by atoms with Crippen molar-refractivity contribution >= 4 is 30.1 Å². The summed E-state index contributed by atoms with van der Waals surface area (Å²) in [6.07, 6.45) is 1.81. The second kappa shape index (κ2) is 8.22. The Morgan fingerprint density at radius 3 is 1.65 bits per heavy atom. The first kappa shape index (κ1) is 15.4. The van der Waals surface area contributed by atoms with Crippen molar-refractivity contribution in [3.8, 4) is 0 Å². The van der Waals surface area contributed by atoms with Crippen LogP contribution in [-0.2, 0) is 0 Å². The topological polar surface area (TPSA) is 12.9 Å². The summed E-state index contributed by atoms with van der Waals surface area (Å²) in [5.41, 5.74) is 1.06. The molecule has 4 aromatic rings. The maximum Gasteiger partial charge on any atom is 0.0701 e. The largest absolute Gasteiger partial charge is 0.256 e. The molecule has 1 heterocycles. The molecule has 0 aliphatic heterocycles. The number of para-hydroxylation sites is 1. The van der Waals surface area contributed by atoms with Gasteiger partial charge in [0.05, 0.1) is 5.52 Å². The summed E-state index contributed by atoms with van der Waals surface area (Å²) in [5, 5.41) is 3.99. The van der Waals surface area contributed by atoms with Crippen LogP contribution in [0.1, 0.15) is 0 Å². The van der Waals surface area contributed by atoms with Crippen LogP contribution in [0, 0.1) is 0 Å². The van der Waals surface area contributed by atoms with Gasteiger partial charge in [0.1, 0.15) is 0 Å². The number of aromatic nitrogens is 1. The molecule has 0 atom stereocenters. The minimum Gasteiger partial charge on any atom is -0.256 e. The first-order chi connectivity index (χ1) is 11.4. The molecule has 1 nitrogen and oxygen atoms in total. The molecular weight excluding hydrogens is 297 g/mol. The van der Waals surface area contributed by atoms with Crippen LogP contribution in [-0.4, -0.2) is 4.98 Å². The van der Waals surface area contributed by atoms with E-state index in [9.17, 15) is 0 Å². The van der Waals surface area contributed by atoms with Gasteiger partial charge in [0.15, 0.2) is 0 Å². The van der Waals surface area contributed by atoms with Crippen LogP contribution in [0.4, 0.5) is 0 Å². The van der Waals surface area contributed by atoms with Crippen molar-refractivity contribution in [2.45, 2.75) is 0 Å². The maximum atomic E-state index is 4.18. The predicted molar refractivity (Wildman–Crippen MR) is 102 cm³/mol. The number of benzene rings is 3. The van der Waals surface area contributed by atoms with Crippen molar-refractivity contribution < 1.29 is 0 Å². The van der Waals surface area contributed by atoms with E-state index in [2.05, 4.69) is 77.8 Å². The third-order valence-corrected chi connectivity index (χ3v) is 4.59. The lowest BCUT2D eigenvalue weighted by atomic mass is 10.2. The Bertz CT molecular complexity index is 742. The van der Waals surface area contributed by atoms with Gasteiger partial charge in [0.25, 0.3) is 0 Å². The summed E-state index contributed by atoms with van der Waals surface area (Å²) in [6, 6.07) is 33.2.